The van der Waals surface area contributed by atoms with Gasteiger partial charge in [-0.05, 0) is 46.3 Å². The predicted molar refractivity (Wildman–Crippen MR) is 97.7 cm³/mol. The molecule has 24 heavy (non-hydrogen) atoms. The SMILES string of the molecule is COc1ccccc1C=NNC(=O)c1cc(-c2ccc(Br)s2)[nH]n1. The van der Waals surface area contributed by atoms with Crippen molar-refractivity contribution in [1.29, 1.82) is 0 Å². The summed E-state index contributed by atoms with van der Waals surface area (Å²) in [6.07, 6.45) is 1.53. The number of nitrogens with one attached hydrogen (secondary N) is 2. The average Bonchev–Trinajstić information content (AvgIpc) is 3.24. The van der Waals surface area contributed by atoms with E-state index >= 15 is 0 Å². The number of para-hydroxylation sites is 1. The second-order valence-corrected chi connectivity index (χ2v) is 7.17. The molecule has 1 amide bonds. The molecule has 3 aromatic rings. The molecule has 0 saturated heterocycles. The molecule has 0 bridgehead atoms. The molecule has 0 spiro atoms. The van der Waals surface area contributed by atoms with Gasteiger partial charge in [-0.15, -0.1) is 11.3 Å². The highest BCUT2D eigenvalue weighted by molar-refractivity contribution is 9.11. The molecule has 122 valence electrons. The van der Waals surface area contributed by atoms with Crippen LogP contribution in [-0.2, 0) is 0 Å². The van der Waals surface area contributed by atoms with E-state index in [-0.39, 0.29) is 11.6 Å². The number of thiophene rings is 1. The molecule has 8 heteroatoms. The van der Waals surface area contributed by atoms with Gasteiger partial charge in [-0.25, -0.2) is 5.43 Å². The third-order valence-electron chi connectivity index (χ3n) is 3.16. The number of carbonyl (C=O) groups excluding carboxylic acids is 1. The summed E-state index contributed by atoms with van der Waals surface area (Å²) >= 11 is 4.96. The highest BCUT2D eigenvalue weighted by Crippen LogP contribution is 2.30. The first kappa shape index (κ1) is 16.4. The van der Waals surface area contributed by atoms with Crippen molar-refractivity contribution < 1.29 is 9.53 Å². The van der Waals surface area contributed by atoms with E-state index in [0.29, 0.717) is 5.75 Å². The molecule has 2 heterocycles. The Hall–Kier alpha value is -2.45. The highest BCUT2D eigenvalue weighted by atomic mass is 79.9. The number of amides is 1. The van der Waals surface area contributed by atoms with Crippen LogP contribution in [0.4, 0.5) is 0 Å². The Morgan fingerprint density at radius 1 is 1.38 bits per heavy atom. The maximum atomic E-state index is 12.1. The van der Waals surface area contributed by atoms with E-state index in [1.165, 1.54) is 6.21 Å². The van der Waals surface area contributed by atoms with Crippen molar-refractivity contribution >= 4 is 39.4 Å². The number of H-pyrrole nitrogens is 1. The van der Waals surface area contributed by atoms with Gasteiger partial charge in [-0.2, -0.15) is 10.2 Å². The van der Waals surface area contributed by atoms with Gasteiger partial charge in [0.2, 0.25) is 0 Å². The zero-order valence-electron chi connectivity index (χ0n) is 12.6. The van der Waals surface area contributed by atoms with Crippen molar-refractivity contribution in [3.63, 3.8) is 0 Å². The number of ether oxygens (including phenoxy) is 1. The van der Waals surface area contributed by atoms with Gasteiger partial charge in [0, 0.05) is 5.56 Å². The molecule has 2 N–H and O–H groups in total. The Balaban J connectivity index is 1.67. The molecule has 0 atom stereocenters. The number of aromatic amines is 1. The minimum Gasteiger partial charge on any atom is -0.496 e. The van der Waals surface area contributed by atoms with Crippen LogP contribution in [0.15, 0.2) is 51.4 Å². The fourth-order valence-electron chi connectivity index (χ4n) is 2.01. The Morgan fingerprint density at radius 2 is 2.21 bits per heavy atom. The molecule has 0 aliphatic rings. The lowest BCUT2D eigenvalue weighted by atomic mass is 10.2. The lowest BCUT2D eigenvalue weighted by molar-refractivity contribution is 0.0950. The number of nitrogens with zero attached hydrogens (tertiary/aromatic N) is 2. The Bertz CT molecular complexity index is 888. The van der Waals surface area contributed by atoms with Gasteiger partial charge < -0.3 is 4.74 Å². The van der Waals surface area contributed by atoms with Crippen LogP contribution in [0, 0.1) is 0 Å². The number of rotatable bonds is 5. The molecule has 1 aromatic carbocycles. The fourth-order valence-corrected chi connectivity index (χ4v) is 3.37. The van der Waals surface area contributed by atoms with E-state index in [1.54, 1.807) is 24.5 Å². The second kappa shape index (κ2) is 7.41. The van der Waals surface area contributed by atoms with Gasteiger partial charge in [-0.3, -0.25) is 9.89 Å². The summed E-state index contributed by atoms with van der Waals surface area (Å²) in [5.74, 6) is 0.292. The first-order chi connectivity index (χ1) is 11.7. The molecular formula is C16H13BrN4O2S. The number of halogens is 1. The molecule has 0 aliphatic heterocycles. The second-order valence-electron chi connectivity index (χ2n) is 4.71. The van der Waals surface area contributed by atoms with E-state index < -0.39 is 0 Å². The van der Waals surface area contributed by atoms with Crippen molar-refractivity contribution in [3.8, 4) is 16.3 Å². The summed E-state index contributed by atoms with van der Waals surface area (Å²) < 4.78 is 6.23. The van der Waals surface area contributed by atoms with Crippen LogP contribution >= 0.6 is 27.3 Å². The normalized spacial score (nSPS) is 10.9. The van der Waals surface area contributed by atoms with E-state index in [1.807, 2.05) is 36.4 Å². The Labute approximate surface area is 150 Å². The molecule has 0 saturated carbocycles. The number of methoxy groups -OCH3 is 1. The summed E-state index contributed by atoms with van der Waals surface area (Å²) in [7, 11) is 1.58. The van der Waals surface area contributed by atoms with E-state index in [9.17, 15) is 4.79 Å². The smallest absolute Gasteiger partial charge is 0.291 e. The third kappa shape index (κ3) is 3.72. The summed E-state index contributed by atoms with van der Waals surface area (Å²) in [4.78, 5) is 13.1. The number of aromatic nitrogens is 2. The van der Waals surface area contributed by atoms with Crippen LogP contribution < -0.4 is 10.2 Å². The average molecular weight is 405 g/mol. The number of hydrogen-bond donors (Lipinski definition) is 2. The molecule has 0 fully saturated rings. The van der Waals surface area contributed by atoms with Gasteiger partial charge in [0.15, 0.2) is 5.69 Å². The zero-order valence-corrected chi connectivity index (χ0v) is 15.0. The monoisotopic (exact) mass is 404 g/mol. The fraction of sp³-hybridized carbons (Fsp3) is 0.0625. The maximum Gasteiger partial charge on any atom is 0.291 e. The first-order valence-electron chi connectivity index (χ1n) is 6.95. The van der Waals surface area contributed by atoms with Crippen LogP contribution in [0.25, 0.3) is 10.6 Å². The van der Waals surface area contributed by atoms with Crippen molar-refractivity contribution in [1.82, 2.24) is 15.6 Å². The summed E-state index contributed by atoms with van der Waals surface area (Å²) in [6.45, 7) is 0. The molecule has 3 rings (SSSR count). The van der Waals surface area contributed by atoms with Crippen molar-refractivity contribution in [2.45, 2.75) is 0 Å². The first-order valence-corrected chi connectivity index (χ1v) is 8.56. The zero-order chi connectivity index (χ0) is 16.9. The summed E-state index contributed by atoms with van der Waals surface area (Å²) in [5.41, 5.74) is 4.28. The van der Waals surface area contributed by atoms with Gasteiger partial charge in [0.25, 0.3) is 5.91 Å². The largest absolute Gasteiger partial charge is 0.496 e. The number of benzene rings is 1. The van der Waals surface area contributed by atoms with Crippen LogP contribution in [0.5, 0.6) is 5.75 Å². The van der Waals surface area contributed by atoms with Crippen molar-refractivity contribution in [3.05, 3.63) is 57.5 Å². The van der Waals surface area contributed by atoms with E-state index in [0.717, 1.165) is 19.9 Å². The maximum absolute atomic E-state index is 12.1. The van der Waals surface area contributed by atoms with Gasteiger partial charge in [-0.1, -0.05) is 12.1 Å². The molecular weight excluding hydrogens is 392 g/mol. The summed E-state index contributed by atoms with van der Waals surface area (Å²) in [5, 5.41) is 10.8. The molecule has 0 radical (unpaired) electrons. The summed E-state index contributed by atoms with van der Waals surface area (Å²) in [6, 6.07) is 13.0. The topological polar surface area (TPSA) is 79.4 Å². The standard InChI is InChI=1S/C16H13BrN4O2S/c1-23-13-5-3-2-4-10(13)9-18-21-16(22)12-8-11(19-20-12)14-6-7-15(17)24-14/h2-9H,1H3,(H,19,20)(H,21,22). The van der Waals surface area contributed by atoms with Gasteiger partial charge in [0.1, 0.15) is 5.75 Å². The van der Waals surface area contributed by atoms with E-state index in [2.05, 4.69) is 36.7 Å². The molecule has 0 aliphatic carbocycles. The lowest BCUT2D eigenvalue weighted by Crippen LogP contribution is -2.18. The van der Waals surface area contributed by atoms with Crippen LogP contribution in [-0.4, -0.2) is 29.4 Å². The minimum atomic E-state index is -0.390. The molecule has 0 unspecified atom stereocenters. The predicted octanol–water partition coefficient (Wildman–Crippen LogP) is 3.67. The molecule has 6 nitrogen and oxygen atoms in total. The van der Waals surface area contributed by atoms with Crippen molar-refractivity contribution in [2.24, 2.45) is 5.10 Å². The van der Waals surface area contributed by atoms with Crippen LogP contribution in [0.3, 0.4) is 0 Å². The Kier molecular flexibility index (Phi) is 5.07. The lowest BCUT2D eigenvalue weighted by Gasteiger charge is -2.02. The van der Waals surface area contributed by atoms with Crippen LogP contribution in [0.1, 0.15) is 16.1 Å². The quantitative estimate of drug-likeness (QED) is 0.502. The number of hydrogen-bond acceptors (Lipinski definition) is 5. The highest BCUT2D eigenvalue weighted by Gasteiger charge is 2.12. The Morgan fingerprint density at radius 3 is 2.96 bits per heavy atom. The van der Waals surface area contributed by atoms with Crippen molar-refractivity contribution in [2.75, 3.05) is 7.11 Å². The number of carbonyl (C=O) groups is 1. The molecule has 2 aromatic heterocycles. The van der Waals surface area contributed by atoms with Gasteiger partial charge in [0.05, 0.1) is 27.7 Å². The third-order valence-corrected chi connectivity index (χ3v) is 4.81. The minimum absolute atomic E-state index is 0.270. The number of hydrazone groups is 1. The van der Waals surface area contributed by atoms with E-state index in [4.69, 9.17) is 4.74 Å². The van der Waals surface area contributed by atoms with Gasteiger partial charge >= 0.3 is 0 Å². The van der Waals surface area contributed by atoms with Crippen LogP contribution in [0.2, 0.25) is 0 Å².